The summed E-state index contributed by atoms with van der Waals surface area (Å²) in [4.78, 5) is 27.8. The normalized spacial score (nSPS) is 10.2. The number of benzene rings is 1. The van der Waals surface area contributed by atoms with Gasteiger partial charge in [0.2, 0.25) is 0 Å². The van der Waals surface area contributed by atoms with Gasteiger partial charge >= 0.3 is 40.8 Å². The monoisotopic (exact) mass is 375 g/mol. The number of phenols is 1. The summed E-state index contributed by atoms with van der Waals surface area (Å²) in [6, 6.07) is 0.894. The molecular formula is C6H5N3O11Se. The third-order valence-corrected chi connectivity index (χ3v) is 1.66. The molecule has 0 aromatic heterocycles. The Hall–Kier alpha value is -2.74. The fourth-order valence-electron chi connectivity index (χ4n) is 0.974. The third kappa shape index (κ3) is 6.30. The molecule has 0 saturated heterocycles. The summed E-state index contributed by atoms with van der Waals surface area (Å²) in [5.41, 5.74) is -3.00. The van der Waals surface area contributed by atoms with Crippen LogP contribution >= 0.6 is 0 Å². The number of hydrogen-bond donors (Lipinski definition) is 3. The first-order valence-electron chi connectivity index (χ1n) is 4.34. The zero-order valence-electron chi connectivity index (χ0n) is 9.51. The van der Waals surface area contributed by atoms with E-state index < -0.39 is 50.9 Å². The molecule has 0 aliphatic carbocycles. The fourth-order valence-corrected chi connectivity index (χ4v) is 0.974. The number of nitrogens with zero attached hydrogens (tertiary/aromatic N) is 3. The van der Waals surface area contributed by atoms with E-state index in [9.17, 15) is 30.3 Å². The van der Waals surface area contributed by atoms with E-state index >= 15 is 0 Å². The molecule has 0 saturated carbocycles. The van der Waals surface area contributed by atoms with Gasteiger partial charge in [-0.3, -0.25) is 30.3 Å². The zero-order chi connectivity index (χ0) is 17.0. The number of aromatic hydroxyl groups is 1. The van der Waals surface area contributed by atoms with Crippen molar-refractivity contribution in [3.05, 3.63) is 42.5 Å². The molecule has 0 bridgehead atoms. The molecule has 0 spiro atoms. The Balaban J connectivity index is 0.000000690. The Bertz CT molecular complexity index is 653. The fraction of sp³-hybridized carbons (Fsp3) is 0. The summed E-state index contributed by atoms with van der Waals surface area (Å²) >= 11 is -5.25. The summed E-state index contributed by atoms with van der Waals surface area (Å²) in [6.45, 7) is 0. The molecule has 1 aromatic rings. The van der Waals surface area contributed by atoms with Crippen molar-refractivity contribution in [2.24, 2.45) is 0 Å². The number of phenolic OH excluding ortho intramolecular Hbond substituents is 1. The average Bonchev–Trinajstić information content (AvgIpc) is 2.25. The van der Waals surface area contributed by atoms with E-state index in [-0.39, 0.29) is 0 Å². The van der Waals surface area contributed by atoms with Crippen molar-refractivity contribution >= 4 is 30.4 Å². The van der Waals surface area contributed by atoms with Crippen LogP contribution in [0.1, 0.15) is 0 Å². The number of rotatable bonds is 3. The molecule has 0 heterocycles. The van der Waals surface area contributed by atoms with Crippen molar-refractivity contribution in [2.75, 3.05) is 0 Å². The minimum atomic E-state index is -5.25. The summed E-state index contributed by atoms with van der Waals surface area (Å²) < 4.78 is 31.9. The SMILES string of the molecule is O=[N+]([O-])c1cc([N+](=O)[O-])c(O)c([N+](=O)[O-])c1.O=[Se](=O)(O)O. The summed E-state index contributed by atoms with van der Waals surface area (Å²) in [5, 5.41) is 40.2. The van der Waals surface area contributed by atoms with Crippen molar-refractivity contribution in [3.8, 4) is 5.75 Å². The Labute approximate surface area is 115 Å². The maximum absolute atomic E-state index is 10.4. The van der Waals surface area contributed by atoms with Gasteiger partial charge in [-0.15, -0.1) is 0 Å². The number of hydrogen-bond acceptors (Lipinski definition) is 9. The number of non-ortho nitro benzene ring substituents is 1. The van der Waals surface area contributed by atoms with Gasteiger partial charge < -0.3 is 5.11 Å². The second-order valence-electron chi connectivity index (χ2n) is 3.05. The second-order valence-corrected chi connectivity index (χ2v) is 4.93. The van der Waals surface area contributed by atoms with Crippen LogP contribution in [0.3, 0.4) is 0 Å². The van der Waals surface area contributed by atoms with Crippen LogP contribution in [0.5, 0.6) is 5.75 Å². The van der Waals surface area contributed by atoms with Crippen molar-refractivity contribution in [1.29, 1.82) is 0 Å². The minimum absolute atomic E-state index is 0.447. The molecule has 21 heavy (non-hydrogen) atoms. The van der Waals surface area contributed by atoms with Crippen LogP contribution in [0.15, 0.2) is 12.1 Å². The molecule has 116 valence electrons. The Morgan fingerprint density at radius 2 is 1.14 bits per heavy atom. The van der Waals surface area contributed by atoms with Crippen LogP contribution in [-0.4, -0.2) is 41.6 Å². The Morgan fingerprint density at radius 3 is 1.33 bits per heavy atom. The Kier molecular flexibility index (Phi) is 5.75. The maximum atomic E-state index is 10.4. The van der Waals surface area contributed by atoms with Crippen LogP contribution in [0, 0.1) is 30.3 Å². The summed E-state index contributed by atoms with van der Waals surface area (Å²) in [7, 11) is 0. The molecule has 0 unspecified atom stereocenters. The van der Waals surface area contributed by atoms with E-state index in [1.807, 2.05) is 0 Å². The number of nitro benzene ring substituents is 3. The topological polar surface area (TPSA) is 224 Å². The summed E-state index contributed by atoms with van der Waals surface area (Å²) in [5.74, 6) is -1.21. The average molecular weight is 374 g/mol. The van der Waals surface area contributed by atoms with Crippen LogP contribution < -0.4 is 0 Å². The second kappa shape index (κ2) is 6.62. The van der Waals surface area contributed by atoms with Crippen LogP contribution in [-0.2, 0) is 7.67 Å². The first-order valence-corrected chi connectivity index (χ1v) is 7.27. The molecular weight excluding hydrogens is 369 g/mol. The van der Waals surface area contributed by atoms with E-state index in [1.54, 1.807) is 0 Å². The van der Waals surface area contributed by atoms with Gasteiger partial charge in [-0.25, -0.2) is 0 Å². The summed E-state index contributed by atoms with van der Waals surface area (Å²) in [6.07, 6.45) is 0. The molecule has 15 heteroatoms. The first-order chi connectivity index (χ1) is 9.34. The molecule has 0 atom stereocenters. The van der Waals surface area contributed by atoms with Crippen LogP contribution in [0.2, 0.25) is 0 Å². The van der Waals surface area contributed by atoms with Gasteiger partial charge in [0, 0.05) is 0 Å². The quantitative estimate of drug-likeness (QED) is 0.343. The molecule has 14 nitrogen and oxygen atoms in total. The van der Waals surface area contributed by atoms with Gasteiger partial charge in [0.1, 0.15) is 0 Å². The molecule has 0 radical (unpaired) electrons. The van der Waals surface area contributed by atoms with Crippen LogP contribution in [0.4, 0.5) is 17.1 Å². The van der Waals surface area contributed by atoms with Crippen molar-refractivity contribution in [3.63, 3.8) is 0 Å². The Morgan fingerprint density at radius 1 is 0.857 bits per heavy atom. The van der Waals surface area contributed by atoms with E-state index in [0.29, 0.717) is 12.1 Å². The van der Waals surface area contributed by atoms with Gasteiger partial charge in [0.05, 0.1) is 26.9 Å². The predicted molar refractivity (Wildman–Crippen MR) is 59.6 cm³/mol. The van der Waals surface area contributed by atoms with E-state index in [0.717, 1.165) is 0 Å². The molecule has 0 aliphatic rings. The van der Waals surface area contributed by atoms with Crippen molar-refractivity contribution < 1.29 is 35.9 Å². The van der Waals surface area contributed by atoms with Gasteiger partial charge in [0.15, 0.2) is 0 Å². The van der Waals surface area contributed by atoms with Gasteiger partial charge in [0.25, 0.3) is 11.4 Å². The van der Waals surface area contributed by atoms with Crippen LogP contribution in [0.25, 0.3) is 0 Å². The molecule has 0 amide bonds. The molecule has 1 rings (SSSR count). The van der Waals surface area contributed by atoms with E-state index in [1.165, 1.54) is 0 Å². The third-order valence-electron chi connectivity index (χ3n) is 1.66. The standard InChI is InChI=1S/C6H3N3O7.H2O4Se/c10-6-4(8(13)14)1-3(7(11)12)2-5(6)9(15)16;1-5(2,3)4/h1-2,10H;(H2,1,2,3,4). The molecule has 1 aromatic carbocycles. The first kappa shape index (κ1) is 18.3. The zero-order valence-corrected chi connectivity index (χ0v) is 11.2. The predicted octanol–water partition coefficient (Wildman–Crippen LogP) is -0.616. The molecule has 0 aliphatic heterocycles. The van der Waals surface area contributed by atoms with Crippen molar-refractivity contribution in [1.82, 2.24) is 0 Å². The van der Waals surface area contributed by atoms with Gasteiger partial charge in [-0.2, -0.15) is 0 Å². The molecule has 3 N–H and O–H groups in total. The van der Waals surface area contributed by atoms with Crippen molar-refractivity contribution in [2.45, 2.75) is 0 Å². The van der Waals surface area contributed by atoms with E-state index in [2.05, 4.69) is 0 Å². The van der Waals surface area contributed by atoms with Gasteiger partial charge in [-0.05, 0) is 0 Å². The molecule has 0 fully saturated rings. The van der Waals surface area contributed by atoms with Gasteiger partial charge in [-0.1, -0.05) is 0 Å². The number of nitro groups is 3. The van der Waals surface area contributed by atoms with E-state index in [4.69, 9.17) is 21.2 Å².